The molecule has 1 aromatic heterocycles. The number of anilines is 1. The van der Waals surface area contributed by atoms with Crippen molar-refractivity contribution in [2.75, 3.05) is 11.1 Å². The van der Waals surface area contributed by atoms with E-state index in [4.69, 9.17) is 9.15 Å². The Morgan fingerprint density at radius 1 is 1.22 bits per heavy atom. The maximum absolute atomic E-state index is 13.7. The van der Waals surface area contributed by atoms with Crippen molar-refractivity contribution in [1.82, 2.24) is 10.2 Å². The quantitative estimate of drug-likeness (QED) is 0.531. The average molecular weight is 456 g/mol. The molecular formula is C17H12BrF2N3O3S. The molecule has 27 heavy (non-hydrogen) atoms. The van der Waals surface area contributed by atoms with Crippen LogP contribution in [0.4, 0.5) is 14.5 Å². The minimum atomic E-state index is -0.877. The van der Waals surface area contributed by atoms with Gasteiger partial charge in [-0.05, 0) is 34.1 Å². The van der Waals surface area contributed by atoms with Crippen molar-refractivity contribution < 1.29 is 22.7 Å². The van der Waals surface area contributed by atoms with E-state index in [0.29, 0.717) is 11.8 Å². The smallest absolute Gasteiger partial charge is 0.277 e. The molecule has 0 fully saturated rings. The van der Waals surface area contributed by atoms with Crippen LogP contribution in [-0.4, -0.2) is 21.9 Å². The third kappa shape index (κ3) is 5.51. The number of benzene rings is 2. The maximum atomic E-state index is 13.7. The molecule has 0 saturated heterocycles. The molecule has 140 valence electrons. The lowest BCUT2D eigenvalue weighted by Gasteiger charge is -2.08. The number of ether oxygens (including phenoxy) is 1. The number of amides is 1. The lowest BCUT2D eigenvalue weighted by atomic mass is 10.3. The van der Waals surface area contributed by atoms with Gasteiger partial charge in [-0.15, -0.1) is 10.2 Å². The molecule has 0 aliphatic rings. The van der Waals surface area contributed by atoms with Gasteiger partial charge in [0.2, 0.25) is 5.91 Å². The fourth-order valence-electron chi connectivity index (χ4n) is 1.98. The zero-order valence-corrected chi connectivity index (χ0v) is 16.0. The summed E-state index contributed by atoms with van der Waals surface area (Å²) < 4.78 is 37.7. The molecule has 1 heterocycles. The van der Waals surface area contributed by atoms with E-state index in [1.807, 2.05) is 18.2 Å². The van der Waals surface area contributed by atoms with Gasteiger partial charge in [-0.1, -0.05) is 30.0 Å². The molecule has 3 aromatic rings. The summed E-state index contributed by atoms with van der Waals surface area (Å²) in [4.78, 5) is 12.0. The second kappa shape index (κ2) is 8.96. The van der Waals surface area contributed by atoms with Crippen LogP contribution < -0.4 is 10.1 Å². The first-order valence-electron chi connectivity index (χ1n) is 7.58. The fourth-order valence-corrected chi connectivity index (χ4v) is 3.07. The molecule has 0 unspecified atom stereocenters. The number of carbonyl (C=O) groups excluding carboxylic acids is 1. The van der Waals surface area contributed by atoms with Crippen molar-refractivity contribution in [3.05, 3.63) is 64.5 Å². The van der Waals surface area contributed by atoms with Gasteiger partial charge < -0.3 is 14.5 Å². The monoisotopic (exact) mass is 455 g/mol. The minimum absolute atomic E-state index is 0.0928. The van der Waals surface area contributed by atoms with Crippen molar-refractivity contribution in [3.8, 4) is 5.75 Å². The van der Waals surface area contributed by atoms with Gasteiger partial charge in [-0.25, -0.2) is 8.78 Å². The molecule has 10 heteroatoms. The topological polar surface area (TPSA) is 77.2 Å². The number of nitrogens with one attached hydrogen (secondary N) is 1. The van der Waals surface area contributed by atoms with E-state index in [1.54, 1.807) is 12.1 Å². The van der Waals surface area contributed by atoms with Gasteiger partial charge in [-0.3, -0.25) is 4.79 Å². The first-order valence-corrected chi connectivity index (χ1v) is 9.36. The standard InChI is InChI=1S/C17H12BrF2N3O3S/c18-12-6-10(19)7-13(20)16(12)21-14(24)9-27-17-23-22-15(26-17)8-25-11-4-2-1-3-5-11/h1-7H,8-9H2,(H,21,24). The van der Waals surface area contributed by atoms with Gasteiger partial charge in [0, 0.05) is 10.5 Å². The second-order valence-electron chi connectivity index (χ2n) is 5.14. The third-order valence-electron chi connectivity index (χ3n) is 3.15. The number of hydrogen-bond acceptors (Lipinski definition) is 6. The number of hydrogen-bond donors (Lipinski definition) is 1. The predicted octanol–water partition coefficient (Wildman–Crippen LogP) is 4.42. The van der Waals surface area contributed by atoms with Crippen molar-refractivity contribution >= 4 is 39.3 Å². The summed E-state index contributed by atoms with van der Waals surface area (Å²) >= 11 is 3.99. The molecule has 2 aromatic carbocycles. The molecule has 0 aliphatic carbocycles. The van der Waals surface area contributed by atoms with Gasteiger partial charge >= 0.3 is 0 Å². The summed E-state index contributed by atoms with van der Waals surface area (Å²) in [6.07, 6.45) is 0. The van der Waals surface area contributed by atoms with Crippen LogP contribution in [0.5, 0.6) is 5.75 Å². The van der Waals surface area contributed by atoms with Crippen LogP contribution in [0, 0.1) is 11.6 Å². The summed E-state index contributed by atoms with van der Waals surface area (Å²) in [5.74, 6) is -1.30. The van der Waals surface area contributed by atoms with Crippen LogP contribution in [0.15, 0.2) is 56.6 Å². The number of carbonyl (C=O) groups is 1. The van der Waals surface area contributed by atoms with Crippen LogP contribution in [0.25, 0.3) is 0 Å². The Balaban J connectivity index is 1.50. The van der Waals surface area contributed by atoms with Crippen LogP contribution >= 0.6 is 27.7 Å². The van der Waals surface area contributed by atoms with E-state index >= 15 is 0 Å². The summed E-state index contributed by atoms with van der Waals surface area (Å²) in [5.41, 5.74) is -0.135. The first kappa shape index (κ1) is 19.3. The van der Waals surface area contributed by atoms with E-state index in [2.05, 4.69) is 31.4 Å². The highest BCUT2D eigenvalue weighted by Gasteiger charge is 2.15. The number of rotatable bonds is 7. The van der Waals surface area contributed by atoms with Crippen molar-refractivity contribution in [2.24, 2.45) is 0 Å². The van der Waals surface area contributed by atoms with Crippen molar-refractivity contribution in [1.29, 1.82) is 0 Å². The van der Waals surface area contributed by atoms with Gasteiger partial charge in [-0.2, -0.15) is 0 Å². The molecule has 3 rings (SSSR count). The van der Waals surface area contributed by atoms with E-state index in [-0.39, 0.29) is 33.6 Å². The van der Waals surface area contributed by atoms with Crippen LogP contribution in [0.2, 0.25) is 0 Å². The average Bonchev–Trinajstić information content (AvgIpc) is 3.10. The Morgan fingerprint density at radius 2 is 2.00 bits per heavy atom. The number of halogens is 3. The normalized spacial score (nSPS) is 10.6. The van der Waals surface area contributed by atoms with Gasteiger partial charge in [0.05, 0.1) is 11.4 Å². The first-order chi connectivity index (χ1) is 13.0. The van der Waals surface area contributed by atoms with E-state index < -0.39 is 17.5 Å². The highest BCUT2D eigenvalue weighted by Crippen LogP contribution is 2.27. The molecule has 0 bridgehead atoms. The number of nitrogens with zero attached hydrogens (tertiary/aromatic N) is 2. The van der Waals surface area contributed by atoms with Crippen molar-refractivity contribution in [3.63, 3.8) is 0 Å². The Bertz CT molecular complexity index is 917. The second-order valence-corrected chi connectivity index (χ2v) is 6.93. The Morgan fingerprint density at radius 3 is 2.74 bits per heavy atom. The molecule has 6 nitrogen and oxygen atoms in total. The molecule has 0 saturated carbocycles. The summed E-state index contributed by atoms with van der Waals surface area (Å²) in [5, 5.41) is 10.2. The fraction of sp³-hybridized carbons (Fsp3) is 0.118. The number of aromatic nitrogens is 2. The van der Waals surface area contributed by atoms with E-state index in [1.165, 1.54) is 0 Å². The summed E-state index contributed by atoms with van der Waals surface area (Å²) in [6, 6.07) is 10.9. The zero-order valence-electron chi connectivity index (χ0n) is 13.6. The highest BCUT2D eigenvalue weighted by atomic mass is 79.9. The van der Waals surface area contributed by atoms with E-state index in [0.717, 1.165) is 17.8 Å². The van der Waals surface area contributed by atoms with Crippen molar-refractivity contribution in [2.45, 2.75) is 11.8 Å². The van der Waals surface area contributed by atoms with Crippen LogP contribution in [0.3, 0.4) is 0 Å². The molecule has 1 N–H and O–H groups in total. The van der Waals surface area contributed by atoms with Gasteiger partial charge in [0.25, 0.3) is 11.1 Å². The minimum Gasteiger partial charge on any atom is -0.484 e. The number of para-hydroxylation sites is 1. The Kier molecular flexibility index (Phi) is 6.40. The van der Waals surface area contributed by atoms with Gasteiger partial charge in [0.1, 0.15) is 11.6 Å². The lowest BCUT2D eigenvalue weighted by Crippen LogP contribution is -2.15. The van der Waals surface area contributed by atoms with Crippen LogP contribution in [-0.2, 0) is 11.4 Å². The molecule has 1 amide bonds. The maximum Gasteiger partial charge on any atom is 0.277 e. The van der Waals surface area contributed by atoms with Gasteiger partial charge in [0.15, 0.2) is 12.4 Å². The highest BCUT2D eigenvalue weighted by molar-refractivity contribution is 9.10. The Labute approximate surface area is 165 Å². The predicted molar refractivity (Wildman–Crippen MR) is 98.5 cm³/mol. The molecule has 0 aliphatic heterocycles. The lowest BCUT2D eigenvalue weighted by molar-refractivity contribution is -0.113. The van der Waals surface area contributed by atoms with E-state index in [9.17, 15) is 13.6 Å². The SMILES string of the molecule is O=C(CSc1nnc(COc2ccccc2)o1)Nc1c(F)cc(F)cc1Br. The zero-order chi connectivity index (χ0) is 19.2. The number of thioether (sulfide) groups is 1. The Hall–Kier alpha value is -2.46. The largest absolute Gasteiger partial charge is 0.484 e. The summed E-state index contributed by atoms with van der Waals surface area (Å²) in [7, 11) is 0. The molecule has 0 spiro atoms. The molecular weight excluding hydrogens is 444 g/mol. The summed E-state index contributed by atoms with van der Waals surface area (Å²) in [6.45, 7) is 0.0947. The molecule has 0 radical (unpaired) electrons. The van der Waals surface area contributed by atoms with Crippen LogP contribution in [0.1, 0.15) is 5.89 Å². The molecule has 0 atom stereocenters. The third-order valence-corrected chi connectivity index (χ3v) is 4.60.